The van der Waals surface area contributed by atoms with Gasteiger partial charge in [0.2, 0.25) is 11.9 Å². The van der Waals surface area contributed by atoms with Gasteiger partial charge in [0.1, 0.15) is 24.2 Å². The lowest BCUT2D eigenvalue weighted by molar-refractivity contribution is -0.137. The number of nitrogens with zero attached hydrogens (tertiary/aromatic N) is 3. The number of fused-ring (bicyclic) bond motifs is 2. The zero-order valence-electron chi connectivity index (χ0n) is 28.4. The van der Waals surface area contributed by atoms with E-state index in [0.29, 0.717) is 54.8 Å². The molecular formula is C38H35F4N5O6. The third-order valence-corrected chi connectivity index (χ3v) is 9.88. The number of hydrogen-bond donors (Lipinski definition) is 2. The third kappa shape index (κ3) is 7.38. The lowest BCUT2D eigenvalue weighted by atomic mass is 9.86. The van der Waals surface area contributed by atoms with Crippen LogP contribution in [0.1, 0.15) is 81.2 Å². The van der Waals surface area contributed by atoms with Gasteiger partial charge in [0, 0.05) is 30.0 Å². The van der Waals surface area contributed by atoms with Gasteiger partial charge in [-0.1, -0.05) is 12.6 Å². The first-order chi connectivity index (χ1) is 25.4. The lowest BCUT2D eigenvalue weighted by Crippen LogP contribution is -2.51. The van der Waals surface area contributed by atoms with Crippen molar-refractivity contribution in [3.63, 3.8) is 0 Å². The van der Waals surface area contributed by atoms with Crippen molar-refractivity contribution in [2.45, 2.75) is 56.8 Å². The smallest absolute Gasteiger partial charge is 0.416 e. The Morgan fingerprint density at radius 3 is 2.47 bits per heavy atom. The highest BCUT2D eigenvalue weighted by molar-refractivity contribution is 6.23. The Morgan fingerprint density at radius 2 is 1.72 bits per heavy atom. The molecule has 1 saturated heterocycles. The summed E-state index contributed by atoms with van der Waals surface area (Å²) in [6, 6.07) is 11.8. The molecule has 0 spiro atoms. The summed E-state index contributed by atoms with van der Waals surface area (Å²) in [7, 11) is 0. The number of amides is 4. The molecular weight excluding hydrogens is 698 g/mol. The molecule has 1 aliphatic carbocycles. The predicted octanol–water partition coefficient (Wildman–Crippen LogP) is 6.66. The van der Waals surface area contributed by atoms with Gasteiger partial charge in [-0.2, -0.15) is 13.2 Å². The van der Waals surface area contributed by atoms with Gasteiger partial charge in [-0.15, -0.1) is 0 Å². The molecule has 276 valence electrons. The van der Waals surface area contributed by atoms with Gasteiger partial charge >= 0.3 is 6.18 Å². The number of allylic oxidation sites excluding steroid dienone is 1. The second kappa shape index (κ2) is 14.5. The normalized spacial score (nSPS) is 20.5. The molecule has 1 unspecified atom stereocenters. The van der Waals surface area contributed by atoms with Crippen LogP contribution in [-0.4, -0.2) is 63.9 Å². The van der Waals surface area contributed by atoms with Crippen LogP contribution >= 0.6 is 0 Å². The van der Waals surface area contributed by atoms with Crippen molar-refractivity contribution in [3.8, 4) is 5.75 Å². The largest absolute Gasteiger partial charge is 0.491 e. The predicted molar refractivity (Wildman–Crippen MR) is 184 cm³/mol. The lowest BCUT2D eigenvalue weighted by Gasteiger charge is -2.30. The number of nitrogens with one attached hydrogen (secondary N) is 2. The Balaban J connectivity index is 0.918. The molecule has 0 bridgehead atoms. The number of hydrogen-bond acceptors (Lipinski definition) is 7. The molecule has 2 N–H and O–H groups in total. The minimum Gasteiger partial charge on any atom is -0.491 e. The van der Waals surface area contributed by atoms with Gasteiger partial charge in [-0.05, 0) is 93.0 Å². The summed E-state index contributed by atoms with van der Waals surface area (Å²) in [6.07, 6.45) is -0.896. The second-order valence-corrected chi connectivity index (χ2v) is 13.4. The molecule has 3 aliphatic rings. The molecule has 0 radical (unpaired) electrons. The van der Waals surface area contributed by atoms with E-state index >= 15 is 0 Å². The average molecular weight is 734 g/mol. The summed E-state index contributed by atoms with van der Waals surface area (Å²) < 4.78 is 67.4. The second-order valence-electron chi connectivity index (χ2n) is 13.4. The maximum atomic E-state index is 14.1. The van der Waals surface area contributed by atoms with Crippen molar-refractivity contribution < 1.29 is 46.2 Å². The SMILES string of the molecule is C=C1CCC(N2C(=O)c3ccc(OCCOC[C@H]4CC[C@@H](n5c(NC(=O)c6cccc(C(F)(F)F)c6)nc6cc(F)ccc65)CC4)cc3C2=O)C(=O)N1. The van der Waals surface area contributed by atoms with Crippen molar-refractivity contribution in [2.24, 2.45) is 5.92 Å². The first-order valence-electron chi connectivity index (χ1n) is 17.2. The van der Waals surface area contributed by atoms with E-state index < -0.39 is 47.2 Å². The molecule has 2 aliphatic heterocycles. The maximum absolute atomic E-state index is 14.1. The molecule has 11 nitrogen and oxygen atoms in total. The van der Waals surface area contributed by atoms with Crippen molar-refractivity contribution in [1.82, 2.24) is 19.8 Å². The number of carbonyl (C=O) groups excluding carboxylic acids is 4. The number of piperidine rings is 1. The molecule has 15 heteroatoms. The number of aromatic nitrogens is 2. The molecule has 2 fully saturated rings. The van der Waals surface area contributed by atoms with Crippen LogP contribution in [-0.2, 0) is 15.7 Å². The van der Waals surface area contributed by atoms with E-state index in [4.69, 9.17) is 9.47 Å². The van der Waals surface area contributed by atoms with Crippen molar-refractivity contribution in [1.29, 1.82) is 0 Å². The summed E-state index contributed by atoms with van der Waals surface area (Å²) in [5.74, 6) is -2.03. The van der Waals surface area contributed by atoms with Crippen molar-refractivity contribution in [3.05, 3.63) is 101 Å². The van der Waals surface area contributed by atoms with E-state index in [9.17, 15) is 36.7 Å². The molecule has 1 aromatic heterocycles. The monoisotopic (exact) mass is 733 g/mol. The van der Waals surface area contributed by atoms with Crippen LogP contribution in [0.5, 0.6) is 5.75 Å². The van der Waals surface area contributed by atoms with Crippen LogP contribution in [0.25, 0.3) is 11.0 Å². The standard InChI is InChI=1S/C38H35F4N5O6/c1-21-5-13-32(34(49)43-21)47-35(50)28-12-11-27(19-29(28)36(47)51)53-16-15-52-20-22-6-9-26(10-7-22)46-31-14-8-25(39)18-30(31)44-37(46)45-33(48)23-3-2-4-24(17-23)38(40,41)42/h2-4,8,11-12,14,17-19,22,26,32H,1,5-7,9-10,13,15-16,20H2,(H,43,49)(H,44,45,48)/t22-,26+,32?. The van der Waals surface area contributed by atoms with Gasteiger partial charge < -0.3 is 19.4 Å². The van der Waals surface area contributed by atoms with Crippen LogP contribution in [0.2, 0.25) is 0 Å². The fourth-order valence-electron chi connectivity index (χ4n) is 7.20. The Morgan fingerprint density at radius 1 is 0.943 bits per heavy atom. The molecule has 4 amide bonds. The van der Waals surface area contributed by atoms with Crippen LogP contribution in [0.15, 0.2) is 72.9 Å². The number of imide groups is 1. The minimum absolute atomic E-state index is 0.112. The van der Waals surface area contributed by atoms with Crippen molar-refractivity contribution >= 4 is 40.6 Å². The highest BCUT2D eigenvalue weighted by Gasteiger charge is 2.44. The summed E-state index contributed by atoms with van der Waals surface area (Å²) in [5.41, 5.74) is 0.723. The number of ether oxygens (including phenoxy) is 2. The van der Waals surface area contributed by atoms with E-state index in [2.05, 4.69) is 22.2 Å². The van der Waals surface area contributed by atoms with Crippen LogP contribution in [0.3, 0.4) is 0 Å². The van der Waals surface area contributed by atoms with Crippen LogP contribution in [0, 0.1) is 11.7 Å². The Labute approximate surface area is 300 Å². The van der Waals surface area contributed by atoms with Crippen molar-refractivity contribution in [2.75, 3.05) is 25.1 Å². The van der Waals surface area contributed by atoms with E-state index in [1.807, 2.05) is 4.57 Å². The zero-order chi connectivity index (χ0) is 37.4. The highest BCUT2D eigenvalue weighted by Crippen LogP contribution is 2.38. The molecule has 4 aromatic rings. The molecule has 3 heterocycles. The molecule has 1 atom stereocenters. The van der Waals surface area contributed by atoms with Gasteiger partial charge in [-0.3, -0.25) is 29.4 Å². The average Bonchev–Trinajstić information content (AvgIpc) is 3.60. The number of rotatable bonds is 10. The molecule has 53 heavy (non-hydrogen) atoms. The first-order valence-corrected chi connectivity index (χ1v) is 17.2. The van der Waals surface area contributed by atoms with E-state index in [-0.39, 0.29) is 47.8 Å². The summed E-state index contributed by atoms with van der Waals surface area (Å²) in [4.78, 5) is 57.1. The van der Waals surface area contributed by atoms with Crippen LogP contribution in [0.4, 0.5) is 23.5 Å². The quantitative estimate of drug-likeness (QED) is 0.106. The highest BCUT2D eigenvalue weighted by atomic mass is 19.4. The Bertz CT molecular complexity index is 2120. The number of halogens is 4. The van der Waals surface area contributed by atoms with Gasteiger partial charge in [0.15, 0.2) is 0 Å². The first kappa shape index (κ1) is 35.8. The maximum Gasteiger partial charge on any atom is 0.416 e. The number of imidazole rings is 1. The van der Waals surface area contributed by atoms with Gasteiger partial charge in [0.05, 0.1) is 34.3 Å². The van der Waals surface area contributed by atoms with Gasteiger partial charge in [0.25, 0.3) is 17.7 Å². The topological polar surface area (TPSA) is 132 Å². The summed E-state index contributed by atoms with van der Waals surface area (Å²) >= 11 is 0. The number of benzene rings is 3. The molecule has 7 rings (SSSR count). The fraction of sp³-hybridized carbons (Fsp3) is 0.342. The van der Waals surface area contributed by atoms with E-state index in [1.54, 1.807) is 12.1 Å². The zero-order valence-corrected chi connectivity index (χ0v) is 28.4. The van der Waals surface area contributed by atoms with E-state index in [1.165, 1.54) is 30.3 Å². The summed E-state index contributed by atoms with van der Waals surface area (Å²) in [6.45, 7) is 4.67. The third-order valence-electron chi connectivity index (χ3n) is 9.88. The molecule has 3 aromatic carbocycles. The number of anilines is 1. The van der Waals surface area contributed by atoms with E-state index in [0.717, 1.165) is 35.9 Å². The Kier molecular flexibility index (Phi) is 9.77. The molecule has 1 saturated carbocycles. The number of alkyl halides is 3. The summed E-state index contributed by atoms with van der Waals surface area (Å²) in [5, 5.41) is 5.26. The Hall–Kier alpha value is -5.57. The number of carbonyl (C=O) groups is 4. The minimum atomic E-state index is -4.61. The fourth-order valence-corrected chi connectivity index (χ4v) is 7.20. The van der Waals surface area contributed by atoms with Crippen LogP contribution < -0.4 is 15.4 Å². The van der Waals surface area contributed by atoms with Gasteiger partial charge in [-0.25, -0.2) is 9.37 Å².